The van der Waals surface area contributed by atoms with Crippen LogP contribution in [0.3, 0.4) is 0 Å². The molecule has 0 spiro atoms. The molecule has 0 bridgehead atoms. The van der Waals surface area contributed by atoms with E-state index < -0.39 is 0 Å². The maximum Gasteiger partial charge on any atom is 0.277 e. The number of benzene rings is 1. The molecule has 0 aliphatic rings. The predicted octanol–water partition coefficient (Wildman–Crippen LogP) is 3.08. The Hall–Kier alpha value is -1.77. The van der Waals surface area contributed by atoms with Crippen molar-refractivity contribution in [2.45, 2.75) is 17.2 Å². The SMILES string of the molecule is NCc1nc(-c2nc(CSc3ccc(F)cc3)no2)cs1. The fraction of sp³-hybridized carbons (Fsp3) is 0.154. The summed E-state index contributed by atoms with van der Waals surface area (Å²) in [6.45, 7) is 0.395. The van der Waals surface area contributed by atoms with Crippen LogP contribution in [-0.4, -0.2) is 15.1 Å². The van der Waals surface area contributed by atoms with E-state index in [9.17, 15) is 4.39 Å². The van der Waals surface area contributed by atoms with Gasteiger partial charge in [0, 0.05) is 16.8 Å². The lowest BCUT2D eigenvalue weighted by molar-refractivity contribution is 0.424. The van der Waals surface area contributed by atoms with Crippen molar-refractivity contribution in [2.75, 3.05) is 0 Å². The molecule has 0 saturated carbocycles. The van der Waals surface area contributed by atoms with E-state index >= 15 is 0 Å². The van der Waals surface area contributed by atoms with Gasteiger partial charge in [-0.1, -0.05) is 5.16 Å². The molecule has 0 radical (unpaired) electrons. The van der Waals surface area contributed by atoms with Crippen molar-refractivity contribution in [3.63, 3.8) is 0 Å². The summed E-state index contributed by atoms with van der Waals surface area (Å²) in [5.41, 5.74) is 6.16. The molecule has 5 nitrogen and oxygen atoms in total. The summed E-state index contributed by atoms with van der Waals surface area (Å²) in [5, 5.41) is 6.58. The lowest BCUT2D eigenvalue weighted by Gasteiger charge is -1.97. The van der Waals surface area contributed by atoms with Crippen molar-refractivity contribution in [2.24, 2.45) is 5.73 Å². The van der Waals surface area contributed by atoms with E-state index in [1.165, 1.54) is 35.2 Å². The fourth-order valence-corrected chi connectivity index (χ4v) is 2.99. The van der Waals surface area contributed by atoms with E-state index in [-0.39, 0.29) is 5.82 Å². The first-order chi connectivity index (χ1) is 10.2. The van der Waals surface area contributed by atoms with Crippen LogP contribution in [0.2, 0.25) is 0 Å². The van der Waals surface area contributed by atoms with Gasteiger partial charge in [-0.2, -0.15) is 4.98 Å². The quantitative estimate of drug-likeness (QED) is 0.727. The number of hydrogen-bond donors (Lipinski definition) is 1. The second kappa shape index (κ2) is 6.33. The van der Waals surface area contributed by atoms with Crippen LogP contribution in [0.25, 0.3) is 11.6 Å². The maximum absolute atomic E-state index is 12.8. The smallest absolute Gasteiger partial charge is 0.277 e. The summed E-state index contributed by atoms with van der Waals surface area (Å²) in [6, 6.07) is 6.28. The Bertz CT molecular complexity index is 726. The largest absolute Gasteiger partial charge is 0.332 e. The van der Waals surface area contributed by atoms with Crippen molar-refractivity contribution < 1.29 is 8.91 Å². The number of hydrogen-bond acceptors (Lipinski definition) is 7. The van der Waals surface area contributed by atoms with Crippen LogP contribution in [0.1, 0.15) is 10.8 Å². The van der Waals surface area contributed by atoms with Gasteiger partial charge in [0.25, 0.3) is 5.89 Å². The van der Waals surface area contributed by atoms with Gasteiger partial charge in [0.05, 0.1) is 5.75 Å². The molecule has 0 fully saturated rings. The lowest BCUT2D eigenvalue weighted by atomic mass is 10.4. The average Bonchev–Trinajstić information content (AvgIpc) is 3.15. The van der Waals surface area contributed by atoms with Gasteiger partial charge in [-0.3, -0.25) is 0 Å². The number of nitrogens with two attached hydrogens (primary N) is 1. The topological polar surface area (TPSA) is 77.8 Å². The first-order valence-electron chi connectivity index (χ1n) is 6.10. The zero-order valence-electron chi connectivity index (χ0n) is 10.8. The summed E-state index contributed by atoms with van der Waals surface area (Å²) in [7, 11) is 0. The first kappa shape index (κ1) is 14.2. The summed E-state index contributed by atoms with van der Waals surface area (Å²) in [5.74, 6) is 1.26. The molecular formula is C13H11FN4OS2. The minimum absolute atomic E-state index is 0.250. The summed E-state index contributed by atoms with van der Waals surface area (Å²) < 4.78 is 18.0. The molecule has 0 amide bonds. The molecule has 0 aliphatic heterocycles. The molecule has 108 valence electrons. The molecule has 8 heteroatoms. The average molecular weight is 322 g/mol. The third-order valence-corrected chi connectivity index (χ3v) is 4.47. The van der Waals surface area contributed by atoms with Crippen LogP contribution in [-0.2, 0) is 12.3 Å². The molecule has 0 saturated heterocycles. The van der Waals surface area contributed by atoms with Crippen molar-refractivity contribution in [3.8, 4) is 11.6 Å². The van der Waals surface area contributed by atoms with Crippen molar-refractivity contribution in [3.05, 3.63) is 46.3 Å². The van der Waals surface area contributed by atoms with Crippen molar-refractivity contribution in [1.29, 1.82) is 0 Å². The Morgan fingerprint density at radius 2 is 2.05 bits per heavy atom. The van der Waals surface area contributed by atoms with E-state index in [4.69, 9.17) is 10.3 Å². The Morgan fingerprint density at radius 1 is 1.24 bits per heavy atom. The minimum atomic E-state index is -0.250. The highest BCUT2D eigenvalue weighted by Gasteiger charge is 2.12. The minimum Gasteiger partial charge on any atom is -0.332 e. The van der Waals surface area contributed by atoms with Crippen molar-refractivity contribution >= 4 is 23.1 Å². The zero-order valence-corrected chi connectivity index (χ0v) is 12.5. The molecule has 2 heterocycles. The summed E-state index contributed by atoms with van der Waals surface area (Å²) >= 11 is 2.97. The van der Waals surface area contributed by atoms with Crippen LogP contribution in [0.4, 0.5) is 4.39 Å². The number of thioether (sulfide) groups is 1. The zero-order chi connectivity index (χ0) is 14.7. The second-order valence-corrected chi connectivity index (χ2v) is 6.08. The Balaban J connectivity index is 1.66. The lowest BCUT2D eigenvalue weighted by Crippen LogP contribution is -1.94. The summed E-state index contributed by atoms with van der Waals surface area (Å²) in [6.07, 6.45) is 0. The van der Waals surface area contributed by atoms with Gasteiger partial charge >= 0.3 is 0 Å². The predicted molar refractivity (Wildman–Crippen MR) is 79.3 cm³/mol. The van der Waals surface area contributed by atoms with Crippen molar-refractivity contribution in [1.82, 2.24) is 15.1 Å². The van der Waals surface area contributed by atoms with E-state index in [1.54, 1.807) is 12.1 Å². The molecule has 3 rings (SSSR count). The van der Waals surface area contributed by atoms with Gasteiger partial charge in [-0.15, -0.1) is 23.1 Å². The van der Waals surface area contributed by atoms with Gasteiger partial charge in [-0.25, -0.2) is 9.37 Å². The van der Waals surface area contributed by atoms with E-state index in [1.807, 2.05) is 5.38 Å². The van der Waals surface area contributed by atoms with Gasteiger partial charge in [0.15, 0.2) is 5.82 Å². The van der Waals surface area contributed by atoms with E-state index in [0.29, 0.717) is 29.7 Å². The third-order valence-electron chi connectivity index (χ3n) is 2.60. The van der Waals surface area contributed by atoms with Crippen LogP contribution in [0.15, 0.2) is 39.1 Å². The Morgan fingerprint density at radius 3 is 2.76 bits per heavy atom. The number of aromatic nitrogens is 3. The Labute approximate surface area is 128 Å². The standard InChI is InChI=1S/C13H11FN4OS2/c14-8-1-3-9(4-2-8)20-7-11-17-13(19-18-11)10-6-21-12(5-15)16-10/h1-4,6H,5,7,15H2. The summed E-state index contributed by atoms with van der Waals surface area (Å²) in [4.78, 5) is 9.53. The molecule has 2 N–H and O–H groups in total. The maximum atomic E-state index is 12.8. The number of nitrogens with zero attached hydrogens (tertiary/aromatic N) is 3. The molecule has 21 heavy (non-hydrogen) atoms. The van der Waals surface area contributed by atoms with Crippen LogP contribution >= 0.6 is 23.1 Å². The molecule has 2 aromatic heterocycles. The molecule has 0 atom stereocenters. The van der Waals surface area contributed by atoms with Gasteiger partial charge in [-0.05, 0) is 24.3 Å². The van der Waals surface area contributed by atoms with Crippen LogP contribution in [0.5, 0.6) is 0 Å². The third kappa shape index (κ3) is 3.46. The highest BCUT2D eigenvalue weighted by Crippen LogP contribution is 2.24. The number of halogens is 1. The highest BCUT2D eigenvalue weighted by atomic mass is 32.2. The van der Waals surface area contributed by atoms with Crippen LogP contribution in [0, 0.1) is 5.82 Å². The first-order valence-corrected chi connectivity index (χ1v) is 7.97. The van der Waals surface area contributed by atoms with E-state index in [2.05, 4.69) is 15.1 Å². The highest BCUT2D eigenvalue weighted by molar-refractivity contribution is 7.98. The van der Waals surface area contributed by atoms with Crippen LogP contribution < -0.4 is 5.73 Å². The molecule has 3 aromatic rings. The van der Waals surface area contributed by atoms with Gasteiger partial charge in [0.2, 0.25) is 0 Å². The number of rotatable bonds is 5. The fourth-order valence-electron chi connectivity index (χ4n) is 1.60. The molecule has 0 unspecified atom stereocenters. The molecule has 1 aromatic carbocycles. The normalized spacial score (nSPS) is 11.0. The van der Waals surface area contributed by atoms with E-state index in [0.717, 1.165) is 9.90 Å². The second-order valence-electron chi connectivity index (χ2n) is 4.09. The van der Waals surface area contributed by atoms with Gasteiger partial charge in [0.1, 0.15) is 16.5 Å². The number of thiazole rings is 1. The Kier molecular flexibility index (Phi) is 4.28. The molecule has 0 aliphatic carbocycles. The molecular weight excluding hydrogens is 311 g/mol. The van der Waals surface area contributed by atoms with Gasteiger partial charge < -0.3 is 10.3 Å². The monoisotopic (exact) mass is 322 g/mol.